The standard InChI is InChI=1S/C21H21N2O/c1-21(13-5-2-6-14-21)15-16-9-11-17(12-10-16)20(24)23-19-8-4-3-7-18(19)22/h2-13H,1,14-15,22H2,(H,23,24). The second kappa shape index (κ2) is 6.75. The molecule has 1 amide bonds. The van der Waals surface area contributed by atoms with Crippen molar-refractivity contribution in [1.82, 2.24) is 0 Å². The predicted octanol–water partition coefficient (Wildman–Crippen LogP) is 4.40. The van der Waals surface area contributed by atoms with Gasteiger partial charge in [0.1, 0.15) is 0 Å². The van der Waals surface area contributed by atoms with Crippen LogP contribution in [-0.2, 0) is 6.42 Å². The van der Waals surface area contributed by atoms with Crippen LogP contribution in [0.15, 0.2) is 72.8 Å². The summed E-state index contributed by atoms with van der Waals surface area (Å²) >= 11 is 0. The molecule has 1 radical (unpaired) electrons. The van der Waals surface area contributed by atoms with Crippen LogP contribution in [0.5, 0.6) is 0 Å². The number of nitrogens with one attached hydrogen (secondary N) is 1. The Labute approximate surface area is 142 Å². The van der Waals surface area contributed by atoms with Crippen LogP contribution < -0.4 is 11.1 Å². The van der Waals surface area contributed by atoms with Crippen LogP contribution in [-0.4, -0.2) is 5.91 Å². The van der Waals surface area contributed by atoms with E-state index in [-0.39, 0.29) is 11.3 Å². The van der Waals surface area contributed by atoms with E-state index in [9.17, 15) is 4.79 Å². The van der Waals surface area contributed by atoms with E-state index in [0.717, 1.165) is 12.8 Å². The van der Waals surface area contributed by atoms with Gasteiger partial charge in [-0.1, -0.05) is 48.6 Å². The molecular weight excluding hydrogens is 296 g/mol. The van der Waals surface area contributed by atoms with Crippen LogP contribution in [0.25, 0.3) is 0 Å². The van der Waals surface area contributed by atoms with E-state index < -0.39 is 0 Å². The van der Waals surface area contributed by atoms with Crippen LogP contribution in [0.2, 0.25) is 0 Å². The molecule has 0 spiro atoms. The van der Waals surface area contributed by atoms with Crippen molar-refractivity contribution in [3.63, 3.8) is 0 Å². The first kappa shape index (κ1) is 16.1. The normalized spacial score (nSPS) is 19.2. The number of carbonyl (C=O) groups is 1. The van der Waals surface area contributed by atoms with Gasteiger partial charge in [0.05, 0.1) is 11.4 Å². The van der Waals surface area contributed by atoms with E-state index in [2.05, 4.69) is 24.4 Å². The second-order valence-electron chi connectivity index (χ2n) is 6.27. The highest BCUT2D eigenvalue weighted by Gasteiger charge is 2.21. The summed E-state index contributed by atoms with van der Waals surface area (Å²) in [4.78, 5) is 12.3. The van der Waals surface area contributed by atoms with Crippen LogP contribution in [0, 0.1) is 12.3 Å². The maximum Gasteiger partial charge on any atom is 0.255 e. The van der Waals surface area contributed by atoms with Crippen LogP contribution in [0.4, 0.5) is 11.4 Å². The monoisotopic (exact) mass is 317 g/mol. The summed E-state index contributed by atoms with van der Waals surface area (Å²) in [5.74, 6) is -0.163. The molecule has 1 aliphatic carbocycles. The summed E-state index contributed by atoms with van der Waals surface area (Å²) in [6.45, 7) is 4.32. The van der Waals surface area contributed by atoms with Gasteiger partial charge in [-0.25, -0.2) is 0 Å². The molecule has 0 bridgehead atoms. The number of rotatable bonds is 4. The maximum absolute atomic E-state index is 12.3. The van der Waals surface area contributed by atoms with Crippen LogP contribution in [0.3, 0.4) is 0 Å². The van der Waals surface area contributed by atoms with Gasteiger partial charge in [-0.3, -0.25) is 4.79 Å². The molecule has 0 aliphatic heterocycles. The third-order valence-electron chi connectivity index (χ3n) is 4.20. The molecule has 2 aromatic carbocycles. The average molecular weight is 317 g/mol. The smallest absolute Gasteiger partial charge is 0.255 e. The van der Waals surface area contributed by atoms with Gasteiger partial charge in [-0.2, -0.15) is 0 Å². The molecule has 0 heterocycles. The predicted molar refractivity (Wildman–Crippen MR) is 99.6 cm³/mol. The SMILES string of the molecule is [CH2]C1(Cc2ccc(C(=O)Nc3ccccc3N)cc2)C=CC=CC1. The van der Waals surface area contributed by atoms with E-state index in [1.54, 1.807) is 12.1 Å². The molecule has 1 unspecified atom stereocenters. The molecule has 121 valence electrons. The van der Waals surface area contributed by atoms with Crippen LogP contribution >= 0.6 is 0 Å². The van der Waals surface area contributed by atoms with Crippen molar-refractivity contribution >= 4 is 17.3 Å². The fourth-order valence-corrected chi connectivity index (χ4v) is 2.83. The number of anilines is 2. The number of carbonyl (C=O) groups excluding carboxylic acids is 1. The van der Waals surface area contributed by atoms with Crippen molar-refractivity contribution < 1.29 is 4.79 Å². The van der Waals surface area contributed by atoms with Crippen LogP contribution in [0.1, 0.15) is 22.3 Å². The molecule has 1 aliphatic rings. The average Bonchev–Trinajstić information content (AvgIpc) is 2.58. The van der Waals surface area contributed by atoms with E-state index in [1.165, 1.54) is 5.56 Å². The Morgan fingerprint density at radius 3 is 2.54 bits per heavy atom. The molecule has 3 rings (SSSR count). The highest BCUT2D eigenvalue weighted by Crippen LogP contribution is 2.31. The van der Waals surface area contributed by atoms with E-state index in [0.29, 0.717) is 16.9 Å². The molecule has 0 saturated heterocycles. The summed E-state index contributed by atoms with van der Waals surface area (Å²) in [6.07, 6.45) is 10.2. The lowest BCUT2D eigenvalue weighted by Crippen LogP contribution is -2.18. The Morgan fingerprint density at radius 1 is 1.12 bits per heavy atom. The number of nitrogen functional groups attached to an aromatic ring is 1. The third kappa shape index (κ3) is 3.74. The Morgan fingerprint density at radius 2 is 1.88 bits per heavy atom. The highest BCUT2D eigenvalue weighted by atomic mass is 16.1. The fourth-order valence-electron chi connectivity index (χ4n) is 2.83. The summed E-state index contributed by atoms with van der Waals surface area (Å²) < 4.78 is 0. The first-order chi connectivity index (χ1) is 11.6. The molecule has 2 aromatic rings. The largest absolute Gasteiger partial charge is 0.397 e. The quantitative estimate of drug-likeness (QED) is 0.821. The molecule has 1 atom stereocenters. The zero-order valence-electron chi connectivity index (χ0n) is 13.5. The van der Waals surface area contributed by atoms with Gasteiger partial charge in [-0.15, -0.1) is 0 Å². The fraction of sp³-hybridized carbons (Fsp3) is 0.143. The maximum atomic E-state index is 12.3. The Kier molecular flexibility index (Phi) is 4.52. The zero-order valence-corrected chi connectivity index (χ0v) is 13.5. The molecule has 0 fully saturated rings. The van der Waals surface area contributed by atoms with Gasteiger partial charge in [0.25, 0.3) is 5.91 Å². The van der Waals surface area contributed by atoms with Gasteiger partial charge in [-0.05, 0) is 55.0 Å². The third-order valence-corrected chi connectivity index (χ3v) is 4.20. The molecule has 0 aromatic heterocycles. The van der Waals surface area contributed by atoms with Crippen molar-refractivity contribution in [2.75, 3.05) is 11.1 Å². The molecule has 3 N–H and O–H groups in total. The van der Waals surface area contributed by atoms with Crippen molar-refractivity contribution in [1.29, 1.82) is 0 Å². The Hall–Kier alpha value is -2.81. The number of benzene rings is 2. The van der Waals surface area contributed by atoms with Gasteiger partial charge >= 0.3 is 0 Å². The van der Waals surface area contributed by atoms with Gasteiger partial charge < -0.3 is 11.1 Å². The molecule has 0 saturated carbocycles. The minimum Gasteiger partial charge on any atom is -0.397 e. The van der Waals surface area contributed by atoms with E-state index >= 15 is 0 Å². The lowest BCUT2D eigenvalue weighted by Gasteiger charge is -2.26. The first-order valence-electron chi connectivity index (χ1n) is 8.00. The molecular formula is C21H21N2O. The molecule has 24 heavy (non-hydrogen) atoms. The van der Waals surface area contributed by atoms with Gasteiger partial charge in [0.2, 0.25) is 0 Å². The minimum absolute atomic E-state index is 0.100. The Bertz CT molecular complexity index is 790. The van der Waals surface area contributed by atoms with Crippen molar-refractivity contribution in [2.45, 2.75) is 12.8 Å². The number of amides is 1. The number of hydrogen-bond acceptors (Lipinski definition) is 2. The first-order valence-corrected chi connectivity index (χ1v) is 8.00. The lowest BCUT2D eigenvalue weighted by molar-refractivity contribution is 0.102. The van der Waals surface area contributed by atoms with E-state index in [1.807, 2.05) is 48.6 Å². The Balaban J connectivity index is 1.68. The van der Waals surface area contributed by atoms with Crippen molar-refractivity contribution in [2.24, 2.45) is 5.41 Å². The number of allylic oxidation sites excluding steroid dienone is 4. The number of nitrogens with two attached hydrogens (primary N) is 1. The van der Waals surface area contributed by atoms with Gasteiger partial charge in [0.15, 0.2) is 0 Å². The number of para-hydroxylation sites is 2. The topological polar surface area (TPSA) is 55.1 Å². The van der Waals surface area contributed by atoms with Crippen molar-refractivity contribution in [3.8, 4) is 0 Å². The summed E-state index contributed by atoms with van der Waals surface area (Å²) in [7, 11) is 0. The number of hydrogen-bond donors (Lipinski definition) is 2. The summed E-state index contributed by atoms with van der Waals surface area (Å²) in [6, 6.07) is 14.9. The zero-order chi connectivity index (χ0) is 17.0. The highest BCUT2D eigenvalue weighted by molar-refractivity contribution is 6.05. The summed E-state index contributed by atoms with van der Waals surface area (Å²) in [5.41, 5.74) is 8.72. The van der Waals surface area contributed by atoms with Crippen molar-refractivity contribution in [3.05, 3.63) is 90.9 Å². The molecule has 3 nitrogen and oxygen atoms in total. The lowest BCUT2D eigenvalue weighted by atomic mass is 9.78. The van der Waals surface area contributed by atoms with Gasteiger partial charge in [0, 0.05) is 5.56 Å². The minimum atomic E-state index is -0.163. The van der Waals surface area contributed by atoms with E-state index in [4.69, 9.17) is 5.73 Å². The second-order valence-corrected chi connectivity index (χ2v) is 6.27. The molecule has 3 heteroatoms. The summed E-state index contributed by atoms with van der Waals surface area (Å²) in [5, 5.41) is 2.84.